The number of halogens is 3. The molecule has 0 spiro atoms. The van der Waals surface area contributed by atoms with Crippen molar-refractivity contribution < 1.29 is 23.8 Å². The predicted molar refractivity (Wildman–Crippen MR) is 121 cm³/mol. The molecule has 1 N–H and O–H groups in total. The van der Waals surface area contributed by atoms with Gasteiger partial charge in [0, 0.05) is 5.92 Å². The Morgan fingerprint density at radius 1 is 1.22 bits per heavy atom. The standard InChI is InChI=1S/C24H20Cl2FNO4/c1-3-14-11-12-23(25)21(30)28(17-8-6-16(27)7-9-17)22(31)24(23,26)20(14)15-5-10-18(29)19(13-15)32-4-2/h3,5-11,13,20,29H,1,4,12H2,2H3/t20-,23-,24+/m1/s1. The minimum Gasteiger partial charge on any atom is -0.504 e. The normalized spacial score (nSPS) is 27.2. The van der Waals surface area contributed by atoms with Gasteiger partial charge in [-0.1, -0.05) is 24.8 Å². The molecular weight excluding hydrogens is 456 g/mol. The summed E-state index contributed by atoms with van der Waals surface area (Å²) >= 11 is 13.9. The highest BCUT2D eigenvalue weighted by molar-refractivity contribution is 6.58. The Labute approximate surface area is 194 Å². The molecule has 1 saturated heterocycles. The van der Waals surface area contributed by atoms with Crippen LogP contribution in [-0.2, 0) is 9.59 Å². The first kappa shape index (κ1) is 22.4. The van der Waals surface area contributed by atoms with E-state index < -0.39 is 33.3 Å². The summed E-state index contributed by atoms with van der Waals surface area (Å²) in [5.41, 5.74) is 1.32. The Balaban J connectivity index is 1.90. The first-order valence-corrected chi connectivity index (χ1v) is 10.7. The van der Waals surface area contributed by atoms with Crippen molar-refractivity contribution in [1.82, 2.24) is 0 Å². The Bertz CT molecular complexity index is 1150. The van der Waals surface area contributed by atoms with Crippen molar-refractivity contribution in [2.45, 2.75) is 29.0 Å². The lowest BCUT2D eigenvalue weighted by atomic mass is 9.68. The van der Waals surface area contributed by atoms with Gasteiger partial charge in [-0.15, -0.1) is 23.2 Å². The van der Waals surface area contributed by atoms with Gasteiger partial charge in [0.1, 0.15) is 5.82 Å². The van der Waals surface area contributed by atoms with Crippen LogP contribution in [0.3, 0.4) is 0 Å². The Morgan fingerprint density at radius 3 is 2.53 bits per heavy atom. The maximum Gasteiger partial charge on any atom is 0.258 e. The van der Waals surface area contributed by atoms with Crippen LogP contribution in [0.15, 0.2) is 66.8 Å². The molecule has 0 saturated carbocycles. The van der Waals surface area contributed by atoms with E-state index >= 15 is 0 Å². The summed E-state index contributed by atoms with van der Waals surface area (Å²) in [4.78, 5) is 24.4. The fraction of sp³-hybridized carbons (Fsp3) is 0.250. The molecule has 1 fully saturated rings. The molecule has 1 aliphatic heterocycles. The number of phenolic OH excluding ortho intramolecular Hbond substituents is 1. The van der Waals surface area contributed by atoms with Crippen molar-refractivity contribution in [2.24, 2.45) is 0 Å². The molecule has 1 heterocycles. The molecule has 32 heavy (non-hydrogen) atoms. The monoisotopic (exact) mass is 475 g/mol. The lowest BCUT2D eigenvalue weighted by Gasteiger charge is -2.42. The van der Waals surface area contributed by atoms with Crippen molar-refractivity contribution >= 4 is 40.7 Å². The summed E-state index contributed by atoms with van der Waals surface area (Å²) in [5, 5.41) is 10.1. The molecule has 2 aliphatic rings. The molecule has 2 aromatic carbocycles. The van der Waals surface area contributed by atoms with Gasteiger partial charge in [-0.25, -0.2) is 9.29 Å². The number of alkyl halides is 2. The fourth-order valence-corrected chi connectivity index (χ4v) is 5.23. The second-order valence-electron chi connectivity index (χ2n) is 7.64. The molecule has 0 bridgehead atoms. The first-order chi connectivity index (χ1) is 15.2. The van der Waals surface area contributed by atoms with Crippen molar-refractivity contribution in [3.63, 3.8) is 0 Å². The molecule has 1 aliphatic carbocycles. The maximum absolute atomic E-state index is 13.7. The molecule has 3 atom stereocenters. The van der Waals surface area contributed by atoms with Gasteiger partial charge < -0.3 is 9.84 Å². The Kier molecular flexibility index (Phi) is 5.55. The number of benzene rings is 2. The highest BCUT2D eigenvalue weighted by Gasteiger charge is 2.73. The number of hydrogen-bond donors (Lipinski definition) is 1. The average molecular weight is 476 g/mol. The van der Waals surface area contributed by atoms with Gasteiger partial charge in [0.05, 0.1) is 12.3 Å². The molecule has 2 aromatic rings. The first-order valence-electron chi connectivity index (χ1n) is 9.99. The smallest absolute Gasteiger partial charge is 0.258 e. The third kappa shape index (κ3) is 3.05. The van der Waals surface area contributed by atoms with Crippen LogP contribution in [0.25, 0.3) is 0 Å². The van der Waals surface area contributed by atoms with Gasteiger partial charge in [-0.3, -0.25) is 9.59 Å². The van der Waals surface area contributed by atoms with E-state index in [1.165, 1.54) is 18.2 Å². The topological polar surface area (TPSA) is 66.8 Å². The van der Waals surface area contributed by atoms with Gasteiger partial charge in [-0.05, 0) is 60.9 Å². The van der Waals surface area contributed by atoms with Crippen LogP contribution in [0, 0.1) is 5.82 Å². The molecule has 2 amide bonds. The van der Waals surface area contributed by atoms with Gasteiger partial charge in [-0.2, -0.15) is 0 Å². The number of phenols is 1. The van der Waals surface area contributed by atoms with E-state index in [9.17, 15) is 19.1 Å². The fourth-order valence-electron chi connectivity index (χ4n) is 4.38. The van der Waals surface area contributed by atoms with Crippen molar-refractivity contribution in [3.8, 4) is 11.5 Å². The number of nitrogens with zero attached hydrogens (tertiary/aromatic N) is 1. The van der Waals surface area contributed by atoms with Gasteiger partial charge in [0.25, 0.3) is 11.8 Å². The lowest BCUT2D eigenvalue weighted by molar-refractivity contribution is -0.122. The number of amides is 2. The number of imide groups is 1. The third-order valence-electron chi connectivity index (χ3n) is 5.92. The highest BCUT2D eigenvalue weighted by Crippen LogP contribution is 2.60. The molecule has 4 rings (SSSR count). The quantitative estimate of drug-likeness (QED) is 0.484. The van der Waals surface area contributed by atoms with E-state index in [1.54, 1.807) is 31.2 Å². The number of ether oxygens (including phenoxy) is 1. The zero-order valence-corrected chi connectivity index (χ0v) is 18.7. The SMILES string of the molecule is C=CC1=CC[C@@]2(Cl)C(=O)N(c3ccc(F)cc3)C(=O)[C@@]2(Cl)[C@H]1c1ccc(O)c(OCC)c1. The summed E-state index contributed by atoms with van der Waals surface area (Å²) in [5.74, 6) is -2.61. The molecular formula is C24H20Cl2FNO4. The number of anilines is 1. The molecule has 0 unspecified atom stereocenters. The number of rotatable bonds is 5. The molecule has 0 aromatic heterocycles. The highest BCUT2D eigenvalue weighted by atomic mass is 35.5. The van der Waals surface area contributed by atoms with E-state index in [1.807, 2.05) is 0 Å². The van der Waals surface area contributed by atoms with Crippen molar-refractivity contribution in [2.75, 3.05) is 11.5 Å². The summed E-state index contributed by atoms with van der Waals surface area (Å²) in [6, 6.07) is 9.57. The number of hydrogen-bond acceptors (Lipinski definition) is 4. The van der Waals surface area contributed by atoms with Crippen LogP contribution in [0.1, 0.15) is 24.8 Å². The maximum atomic E-state index is 13.7. The van der Waals surface area contributed by atoms with Crippen LogP contribution in [0.4, 0.5) is 10.1 Å². The minimum absolute atomic E-state index is 0.00851. The zero-order valence-electron chi connectivity index (χ0n) is 17.1. The van der Waals surface area contributed by atoms with Crippen LogP contribution >= 0.6 is 23.2 Å². The Hall–Kier alpha value is -2.83. The molecule has 5 nitrogen and oxygen atoms in total. The second kappa shape index (κ2) is 7.94. The van der Waals surface area contributed by atoms with Crippen LogP contribution in [-0.4, -0.2) is 33.3 Å². The van der Waals surface area contributed by atoms with E-state index in [0.29, 0.717) is 17.7 Å². The van der Waals surface area contributed by atoms with Crippen molar-refractivity contribution in [3.05, 3.63) is 78.1 Å². The summed E-state index contributed by atoms with van der Waals surface area (Å²) in [7, 11) is 0. The molecule has 8 heteroatoms. The lowest BCUT2D eigenvalue weighted by Crippen LogP contribution is -2.54. The zero-order chi connectivity index (χ0) is 23.3. The van der Waals surface area contributed by atoms with Crippen LogP contribution in [0.2, 0.25) is 0 Å². The summed E-state index contributed by atoms with van der Waals surface area (Å²) in [6.45, 7) is 5.92. The number of carbonyl (C=O) groups is 2. The number of aromatic hydroxyl groups is 1. The predicted octanol–water partition coefficient (Wildman–Crippen LogP) is 5.06. The molecule has 166 valence electrons. The van der Waals surface area contributed by atoms with Crippen molar-refractivity contribution in [1.29, 1.82) is 0 Å². The minimum atomic E-state index is -1.89. The number of carbonyl (C=O) groups excluding carboxylic acids is 2. The van der Waals surface area contributed by atoms with Gasteiger partial charge >= 0.3 is 0 Å². The number of allylic oxidation sites excluding steroid dienone is 3. The van der Waals surface area contributed by atoms with E-state index in [-0.39, 0.29) is 23.6 Å². The van der Waals surface area contributed by atoms with E-state index in [2.05, 4.69) is 6.58 Å². The molecule has 0 radical (unpaired) electrons. The van der Waals surface area contributed by atoms with Crippen LogP contribution < -0.4 is 9.64 Å². The van der Waals surface area contributed by atoms with Gasteiger partial charge in [0.2, 0.25) is 0 Å². The third-order valence-corrected chi connectivity index (χ3v) is 7.33. The average Bonchev–Trinajstić information content (AvgIpc) is 2.93. The summed E-state index contributed by atoms with van der Waals surface area (Å²) < 4.78 is 18.9. The van der Waals surface area contributed by atoms with Crippen LogP contribution in [0.5, 0.6) is 11.5 Å². The largest absolute Gasteiger partial charge is 0.504 e. The Morgan fingerprint density at radius 2 is 1.91 bits per heavy atom. The summed E-state index contributed by atoms with van der Waals surface area (Å²) in [6.07, 6.45) is 3.31. The van der Waals surface area contributed by atoms with Gasteiger partial charge in [0.15, 0.2) is 21.2 Å². The second-order valence-corrected chi connectivity index (χ2v) is 8.88. The number of fused-ring (bicyclic) bond motifs is 1. The van der Waals surface area contributed by atoms with E-state index in [0.717, 1.165) is 17.0 Å². The van der Waals surface area contributed by atoms with E-state index in [4.69, 9.17) is 27.9 Å².